The van der Waals surface area contributed by atoms with Crippen molar-refractivity contribution in [3.8, 4) is 0 Å². The summed E-state index contributed by atoms with van der Waals surface area (Å²) >= 11 is 1.77. The summed E-state index contributed by atoms with van der Waals surface area (Å²) in [5.41, 5.74) is 0. The lowest BCUT2D eigenvalue weighted by molar-refractivity contribution is 0.488. The van der Waals surface area contributed by atoms with Gasteiger partial charge in [0.2, 0.25) is 0 Å². The van der Waals surface area contributed by atoms with E-state index in [-0.39, 0.29) is 0 Å². The van der Waals surface area contributed by atoms with E-state index in [0.29, 0.717) is 11.3 Å². The standard InChI is InChI=1S/C12H21N3S/c1-4-11(5-2)15-8-10(3)16-12-9-13-6-7-14-12/h6-7,9-11,15H,4-5,8H2,1-3H3. The summed E-state index contributed by atoms with van der Waals surface area (Å²) in [7, 11) is 0. The predicted octanol–water partition coefficient (Wildman–Crippen LogP) is 2.74. The van der Waals surface area contributed by atoms with Gasteiger partial charge in [-0.15, -0.1) is 11.8 Å². The topological polar surface area (TPSA) is 37.8 Å². The first kappa shape index (κ1) is 13.5. The van der Waals surface area contributed by atoms with Crippen molar-refractivity contribution in [2.45, 2.75) is 49.9 Å². The molecule has 90 valence electrons. The summed E-state index contributed by atoms with van der Waals surface area (Å²) < 4.78 is 0. The van der Waals surface area contributed by atoms with Crippen LogP contribution in [0.1, 0.15) is 33.6 Å². The highest BCUT2D eigenvalue weighted by molar-refractivity contribution is 7.99. The van der Waals surface area contributed by atoms with Crippen molar-refractivity contribution in [1.29, 1.82) is 0 Å². The van der Waals surface area contributed by atoms with Crippen LogP contribution in [0.25, 0.3) is 0 Å². The van der Waals surface area contributed by atoms with Gasteiger partial charge in [-0.3, -0.25) is 4.98 Å². The van der Waals surface area contributed by atoms with Crippen molar-refractivity contribution in [2.24, 2.45) is 0 Å². The van der Waals surface area contributed by atoms with Crippen LogP contribution in [0.15, 0.2) is 23.6 Å². The zero-order valence-corrected chi connectivity index (χ0v) is 11.1. The van der Waals surface area contributed by atoms with Crippen molar-refractivity contribution < 1.29 is 0 Å². The third kappa shape index (κ3) is 4.94. The van der Waals surface area contributed by atoms with Gasteiger partial charge in [-0.05, 0) is 12.8 Å². The molecule has 0 saturated carbocycles. The molecule has 1 N–H and O–H groups in total. The molecule has 0 bridgehead atoms. The maximum absolute atomic E-state index is 4.26. The summed E-state index contributed by atoms with van der Waals surface area (Å²) in [5.74, 6) is 0. The summed E-state index contributed by atoms with van der Waals surface area (Å²) in [6.07, 6.45) is 7.65. The van der Waals surface area contributed by atoms with Crippen LogP contribution in [-0.2, 0) is 0 Å². The Hall–Kier alpha value is -0.610. The Kier molecular flexibility index (Phi) is 6.42. The van der Waals surface area contributed by atoms with Crippen LogP contribution >= 0.6 is 11.8 Å². The second-order valence-corrected chi connectivity index (χ2v) is 5.35. The van der Waals surface area contributed by atoms with Crippen molar-refractivity contribution in [1.82, 2.24) is 15.3 Å². The fourth-order valence-corrected chi connectivity index (χ4v) is 2.34. The van der Waals surface area contributed by atoms with Gasteiger partial charge < -0.3 is 5.32 Å². The van der Waals surface area contributed by atoms with Gasteiger partial charge in [-0.1, -0.05) is 20.8 Å². The molecule has 0 spiro atoms. The van der Waals surface area contributed by atoms with Crippen LogP contribution in [0.5, 0.6) is 0 Å². The normalized spacial score (nSPS) is 13.0. The van der Waals surface area contributed by atoms with Gasteiger partial charge in [0.25, 0.3) is 0 Å². The Labute approximate surface area is 102 Å². The molecule has 0 aliphatic heterocycles. The number of aromatic nitrogens is 2. The number of rotatable bonds is 7. The Morgan fingerprint density at radius 3 is 2.62 bits per heavy atom. The van der Waals surface area contributed by atoms with Gasteiger partial charge in [-0.2, -0.15) is 0 Å². The SMILES string of the molecule is CCC(CC)NCC(C)Sc1cnccn1. The van der Waals surface area contributed by atoms with Crippen LogP contribution in [0.4, 0.5) is 0 Å². The molecule has 0 aliphatic carbocycles. The minimum Gasteiger partial charge on any atom is -0.313 e. The molecule has 0 saturated heterocycles. The molecule has 0 amide bonds. The predicted molar refractivity (Wildman–Crippen MR) is 69.7 cm³/mol. The number of hydrogen-bond donors (Lipinski definition) is 1. The Morgan fingerprint density at radius 1 is 1.31 bits per heavy atom. The quantitative estimate of drug-likeness (QED) is 0.742. The first-order valence-electron chi connectivity index (χ1n) is 5.92. The summed E-state index contributed by atoms with van der Waals surface area (Å²) in [5, 5.41) is 5.10. The van der Waals surface area contributed by atoms with E-state index in [1.165, 1.54) is 12.8 Å². The van der Waals surface area contributed by atoms with Gasteiger partial charge in [0, 0.05) is 30.2 Å². The minimum atomic E-state index is 0.525. The average molecular weight is 239 g/mol. The molecule has 1 unspecified atom stereocenters. The molecule has 3 nitrogen and oxygen atoms in total. The molecular weight excluding hydrogens is 218 g/mol. The monoisotopic (exact) mass is 239 g/mol. The lowest BCUT2D eigenvalue weighted by Crippen LogP contribution is -2.32. The molecule has 1 aromatic rings. The van der Waals surface area contributed by atoms with Gasteiger partial charge in [0.15, 0.2) is 0 Å². The molecule has 0 aromatic carbocycles. The third-order valence-electron chi connectivity index (χ3n) is 2.54. The minimum absolute atomic E-state index is 0.525. The van der Waals surface area contributed by atoms with Crippen LogP contribution < -0.4 is 5.32 Å². The lowest BCUT2D eigenvalue weighted by Gasteiger charge is -2.17. The largest absolute Gasteiger partial charge is 0.313 e. The molecule has 0 aliphatic rings. The van der Waals surface area contributed by atoms with E-state index in [9.17, 15) is 0 Å². The lowest BCUT2D eigenvalue weighted by atomic mass is 10.2. The van der Waals surface area contributed by atoms with Gasteiger partial charge in [0.1, 0.15) is 5.03 Å². The molecule has 1 rings (SSSR count). The highest BCUT2D eigenvalue weighted by Crippen LogP contribution is 2.19. The molecule has 1 heterocycles. The van der Waals surface area contributed by atoms with E-state index >= 15 is 0 Å². The van der Waals surface area contributed by atoms with Crippen LogP contribution in [0.2, 0.25) is 0 Å². The van der Waals surface area contributed by atoms with Crippen LogP contribution in [0, 0.1) is 0 Å². The van der Waals surface area contributed by atoms with Crippen LogP contribution in [-0.4, -0.2) is 27.8 Å². The number of nitrogens with one attached hydrogen (secondary N) is 1. The van der Waals surface area contributed by atoms with E-state index in [1.54, 1.807) is 24.2 Å². The molecule has 0 fully saturated rings. The molecule has 4 heteroatoms. The maximum Gasteiger partial charge on any atom is 0.115 e. The smallest absolute Gasteiger partial charge is 0.115 e. The first-order valence-corrected chi connectivity index (χ1v) is 6.80. The fourth-order valence-electron chi connectivity index (χ4n) is 1.50. The van der Waals surface area contributed by atoms with Crippen molar-refractivity contribution in [3.63, 3.8) is 0 Å². The van der Waals surface area contributed by atoms with E-state index in [4.69, 9.17) is 0 Å². The van der Waals surface area contributed by atoms with E-state index in [0.717, 1.165) is 11.6 Å². The molecular formula is C12H21N3S. The maximum atomic E-state index is 4.26. The van der Waals surface area contributed by atoms with Gasteiger partial charge in [0.05, 0.1) is 6.20 Å². The molecule has 0 radical (unpaired) electrons. The zero-order valence-electron chi connectivity index (χ0n) is 10.3. The number of hydrogen-bond acceptors (Lipinski definition) is 4. The van der Waals surface area contributed by atoms with Crippen molar-refractivity contribution in [2.75, 3.05) is 6.54 Å². The first-order chi connectivity index (χ1) is 7.76. The summed E-state index contributed by atoms with van der Waals surface area (Å²) in [6.45, 7) is 7.69. The fraction of sp³-hybridized carbons (Fsp3) is 0.667. The van der Waals surface area contributed by atoms with Gasteiger partial charge >= 0.3 is 0 Å². The molecule has 1 atom stereocenters. The summed E-state index contributed by atoms with van der Waals surface area (Å²) in [4.78, 5) is 8.32. The van der Waals surface area contributed by atoms with E-state index < -0.39 is 0 Å². The Morgan fingerprint density at radius 2 is 2.06 bits per heavy atom. The highest BCUT2D eigenvalue weighted by atomic mass is 32.2. The Balaban J connectivity index is 2.28. The second kappa shape index (κ2) is 7.63. The average Bonchev–Trinajstić information content (AvgIpc) is 2.31. The Bertz CT molecular complexity index is 275. The third-order valence-corrected chi connectivity index (χ3v) is 3.56. The van der Waals surface area contributed by atoms with Crippen molar-refractivity contribution in [3.05, 3.63) is 18.6 Å². The molecule has 1 aromatic heterocycles. The zero-order chi connectivity index (χ0) is 11.8. The molecule has 16 heavy (non-hydrogen) atoms. The number of nitrogens with zero attached hydrogens (tertiary/aromatic N) is 2. The van der Waals surface area contributed by atoms with E-state index in [1.807, 2.05) is 6.20 Å². The number of thioether (sulfide) groups is 1. The van der Waals surface area contributed by atoms with E-state index in [2.05, 4.69) is 36.1 Å². The second-order valence-electron chi connectivity index (χ2n) is 3.89. The summed E-state index contributed by atoms with van der Waals surface area (Å²) in [6, 6.07) is 0.643. The van der Waals surface area contributed by atoms with Crippen LogP contribution in [0.3, 0.4) is 0 Å². The highest BCUT2D eigenvalue weighted by Gasteiger charge is 2.08. The van der Waals surface area contributed by atoms with Crippen molar-refractivity contribution >= 4 is 11.8 Å². The van der Waals surface area contributed by atoms with Gasteiger partial charge in [-0.25, -0.2) is 4.98 Å².